The first kappa shape index (κ1) is 16.0. The molecule has 3 nitrogen and oxygen atoms in total. The highest BCUT2D eigenvalue weighted by Crippen LogP contribution is 2.20. The minimum absolute atomic E-state index is 0.177. The lowest BCUT2D eigenvalue weighted by atomic mass is 10.1. The number of benzene rings is 1. The molecule has 0 amide bonds. The van der Waals surface area contributed by atoms with Crippen molar-refractivity contribution in [2.45, 2.75) is 45.8 Å². The van der Waals surface area contributed by atoms with E-state index in [1.165, 1.54) is 24.8 Å². The van der Waals surface area contributed by atoms with Crippen molar-refractivity contribution in [3.05, 3.63) is 29.8 Å². The molecule has 0 saturated heterocycles. The minimum atomic E-state index is -0.177. The van der Waals surface area contributed by atoms with Gasteiger partial charge in [-0.3, -0.25) is 0 Å². The number of aryl methyl sites for hydroxylation is 1. The van der Waals surface area contributed by atoms with E-state index in [2.05, 4.69) is 19.1 Å². The Morgan fingerprint density at radius 2 is 1.89 bits per heavy atom. The summed E-state index contributed by atoms with van der Waals surface area (Å²) in [6.07, 6.45) is 4.63. The van der Waals surface area contributed by atoms with Gasteiger partial charge in [0.2, 0.25) is 0 Å². The Kier molecular flexibility index (Phi) is 8.26. The average Bonchev–Trinajstić information content (AvgIpc) is 2.45. The van der Waals surface area contributed by atoms with Crippen LogP contribution >= 0.6 is 0 Å². The van der Waals surface area contributed by atoms with Crippen molar-refractivity contribution >= 4 is 0 Å². The fraction of sp³-hybridized carbons (Fsp3) is 0.625. The Bertz CT molecular complexity index is 339. The van der Waals surface area contributed by atoms with E-state index in [4.69, 9.17) is 14.2 Å². The molecule has 0 saturated carbocycles. The van der Waals surface area contributed by atoms with Gasteiger partial charge in [0.05, 0.1) is 6.61 Å². The Hall–Kier alpha value is -1.06. The number of para-hydroxylation sites is 1. The summed E-state index contributed by atoms with van der Waals surface area (Å²) >= 11 is 0. The van der Waals surface area contributed by atoms with Crippen molar-refractivity contribution in [2.75, 3.05) is 20.3 Å². The fourth-order valence-corrected chi connectivity index (χ4v) is 1.85. The van der Waals surface area contributed by atoms with Crippen LogP contribution < -0.4 is 4.74 Å². The Labute approximate surface area is 116 Å². The van der Waals surface area contributed by atoms with Crippen LogP contribution in [0.3, 0.4) is 0 Å². The maximum atomic E-state index is 5.78. The molecule has 19 heavy (non-hydrogen) atoms. The normalized spacial score (nSPS) is 12.4. The molecule has 3 heteroatoms. The van der Waals surface area contributed by atoms with Gasteiger partial charge in [-0.25, -0.2) is 0 Å². The van der Waals surface area contributed by atoms with Gasteiger partial charge in [-0.15, -0.1) is 0 Å². The van der Waals surface area contributed by atoms with Crippen LogP contribution in [0.4, 0.5) is 0 Å². The highest BCUT2D eigenvalue weighted by Gasteiger charge is 2.03. The van der Waals surface area contributed by atoms with E-state index in [1.807, 2.05) is 19.1 Å². The van der Waals surface area contributed by atoms with E-state index >= 15 is 0 Å². The molecule has 0 aliphatic heterocycles. The van der Waals surface area contributed by atoms with E-state index < -0.39 is 0 Å². The van der Waals surface area contributed by atoms with Crippen LogP contribution in [-0.2, 0) is 15.9 Å². The van der Waals surface area contributed by atoms with Gasteiger partial charge in [0, 0.05) is 7.11 Å². The first-order chi connectivity index (χ1) is 9.27. The predicted octanol–water partition coefficient (Wildman–Crippen LogP) is 3.81. The SMILES string of the molecule is CCCCCc1ccccc1OCCOC(C)OC. The predicted molar refractivity (Wildman–Crippen MR) is 77.6 cm³/mol. The summed E-state index contributed by atoms with van der Waals surface area (Å²) in [5.74, 6) is 0.979. The van der Waals surface area contributed by atoms with Crippen LogP contribution in [0.15, 0.2) is 24.3 Å². The molecular weight excluding hydrogens is 240 g/mol. The Balaban J connectivity index is 2.35. The van der Waals surface area contributed by atoms with Gasteiger partial charge in [0.1, 0.15) is 12.4 Å². The van der Waals surface area contributed by atoms with Crippen molar-refractivity contribution in [3.8, 4) is 5.75 Å². The Morgan fingerprint density at radius 1 is 1.11 bits per heavy atom. The van der Waals surface area contributed by atoms with E-state index in [1.54, 1.807) is 7.11 Å². The summed E-state index contributed by atoms with van der Waals surface area (Å²) in [6, 6.07) is 8.25. The first-order valence-electron chi connectivity index (χ1n) is 7.13. The van der Waals surface area contributed by atoms with Gasteiger partial charge >= 0.3 is 0 Å². The molecule has 0 aliphatic rings. The molecule has 1 atom stereocenters. The number of methoxy groups -OCH3 is 1. The van der Waals surface area contributed by atoms with Crippen molar-refractivity contribution < 1.29 is 14.2 Å². The number of ether oxygens (including phenoxy) is 3. The largest absolute Gasteiger partial charge is 0.491 e. The van der Waals surface area contributed by atoms with E-state index in [0.29, 0.717) is 13.2 Å². The molecule has 1 rings (SSSR count). The van der Waals surface area contributed by atoms with E-state index in [9.17, 15) is 0 Å². The molecule has 0 N–H and O–H groups in total. The van der Waals surface area contributed by atoms with Crippen molar-refractivity contribution in [1.82, 2.24) is 0 Å². The highest BCUT2D eigenvalue weighted by atomic mass is 16.7. The van der Waals surface area contributed by atoms with Gasteiger partial charge < -0.3 is 14.2 Å². The zero-order chi connectivity index (χ0) is 13.9. The van der Waals surface area contributed by atoms with Crippen molar-refractivity contribution in [3.63, 3.8) is 0 Å². The first-order valence-corrected chi connectivity index (χ1v) is 7.13. The monoisotopic (exact) mass is 266 g/mol. The zero-order valence-corrected chi connectivity index (χ0v) is 12.4. The summed E-state index contributed by atoms with van der Waals surface area (Å²) in [5, 5.41) is 0. The fourth-order valence-electron chi connectivity index (χ4n) is 1.85. The van der Waals surface area contributed by atoms with Crippen molar-refractivity contribution in [1.29, 1.82) is 0 Å². The van der Waals surface area contributed by atoms with E-state index in [0.717, 1.165) is 12.2 Å². The smallest absolute Gasteiger partial charge is 0.154 e. The molecule has 1 unspecified atom stereocenters. The third-order valence-corrected chi connectivity index (χ3v) is 3.05. The number of hydrogen-bond acceptors (Lipinski definition) is 3. The van der Waals surface area contributed by atoms with Gasteiger partial charge in [-0.05, 0) is 31.4 Å². The average molecular weight is 266 g/mol. The second-order valence-electron chi connectivity index (χ2n) is 4.59. The second kappa shape index (κ2) is 9.82. The lowest BCUT2D eigenvalue weighted by molar-refractivity contribution is -0.115. The number of unbranched alkanes of at least 4 members (excludes halogenated alkanes) is 2. The molecule has 1 aromatic rings. The summed E-state index contributed by atoms with van der Waals surface area (Å²) in [7, 11) is 1.63. The summed E-state index contributed by atoms with van der Waals surface area (Å²) in [4.78, 5) is 0. The van der Waals surface area contributed by atoms with Crippen LogP contribution in [-0.4, -0.2) is 26.6 Å². The van der Waals surface area contributed by atoms with Gasteiger partial charge in [0.15, 0.2) is 6.29 Å². The summed E-state index contributed by atoms with van der Waals surface area (Å²) < 4.78 is 16.2. The van der Waals surface area contributed by atoms with E-state index in [-0.39, 0.29) is 6.29 Å². The molecule has 0 bridgehead atoms. The lowest BCUT2D eigenvalue weighted by Crippen LogP contribution is -2.15. The molecule has 0 heterocycles. The molecule has 0 fully saturated rings. The third kappa shape index (κ3) is 6.60. The van der Waals surface area contributed by atoms with Gasteiger partial charge in [-0.2, -0.15) is 0 Å². The Morgan fingerprint density at radius 3 is 2.63 bits per heavy atom. The quantitative estimate of drug-likeness (QED) is 0.476. The molecule has 0 spiro atoms. The molecule has 1 aromatic carbocycles. The van der Waals surface area contributed by atoms with Crippen molar-refractivity contribution in [2.24, 2.45) is 0 Å². The molecular formula is C16H26O3. The van der Waals surface area contributed by atoms with Crippen LogP contribution in [0.5, 0.6) is 5.75 Å². The number of rotatable bonds is 10. The zero-order valence-electron chi connectivity index (χ0n) is 12.4. The second-order valence-corrected chi connectivity index (χ2v) is 4.59. The van der Waals surface area contributed by atoms with Crippen LogP contribution in [0.2, 0.25) is 0 Å². The van der Waals surface area contributed by atoms with Crippen LogP contribution in [0, 0.1) is 0 Å². The molecule has 0 aliphatic carbocycles. The van der Waals surface area contributed by atoms with Crippen LogP contribution in [0.1, 0.15) is 38.7 Å². The number of hydrogen-bond donors (Lipinski definition) is 0. The summed E-state index contributed by atoms with van der Waals surface area (Å²) in [6.45, 7) is 5.19. The molecule has 108 valence electrons. The third-order valence-electron chi connectivity index (χ3n) is 3.05. The van der Waals surface area contributed by atoms with Crippen LogP contribution in [0.25, 0.3) is 0 Å². The standard InChI is InChI=1S/C16H26O3/c1-4-5-6-9-15-10-7-8-11-16(15)19-13-12-18-14(2)17-3/h7-8,10-11,14H,4-6,9,12-13H2,1-3H3. The topological polar surface area (TPSA) is 27.7 Å². The lowest BCUT2D eigenvalue weighted by Gasteiger charge is -2.13. The van der Waals surface area contributed by atoms with Gasteiger partial charge in [0.25, 0.3) is 0 Å². The maximum absolute atomic E-state index is 5.78. The van der Waals surface area contributed by atoms with Gasteiger partial charge in [-0.1, -0.05) is 38.0 Å². The maximum Gasteiger partial charge on any atom is 0.154 e. The highest BCUT2D eigenvalue weighted by molar-refractivity contribution is 5.33. The minimum Gasteiger partial charge on any atom is -0.491 e. The molecule has 0 radical (unpaired) electrons. The summed E-state index contributed by atoms with van der Waals surface area (Å²) in [5.41, 5.74) is 1.29. The molecule has 0 aromatic heterocycles.